The number of aliphatic carboxylic acids is 1. The molecule has 0 aliphatic heterocycles. The molecule has 1 aliphatic carbocycles. The van der Waals surface area contributed by atoms with Crippen molar-refractivity contribution < 1.29 is 24.0 Å². The van der Waals surface area contributed by atoms with Crippen molar-refractivity contribution >= 4 is 11.9 Å². The Balaban J connectivity index is 2.09. The van der Waals surface area contributed by atoms with Crippen LogP contribution in [0.2, 0.25) is 0 Å². The molecule has 0 bridgehead atoms. The Kier molecular flexibility index (Phi) is 4.50. The monoisotopic (exact) mass is 296 g/mol. The number of methoxy groups -OCH3 is 1. The number of nitrogens with one attached hydrogen (secondary N) is 1. The minimum atomic E-state index is -1.22. The molecule has 21 heavy (non-hydrogen) atoms. The second kappa shape index (κ2) is 6.15. The van der Waals surface area contributed by atoms with Crippen molar-refractivity contribution in [3.8, 4) is 5.88 Å². The van der Waals surface area contributed by atoms with Gasteiger partial charge in [0.25, 0.3) is 11.8 Å². The van der Waals surface area contributed by atoms with Crippen LogP contribution in [0.3, 0.4) is 0 Å². The SMILES string of the molecule is CCC1CCC(NC(=O)c2cc(OC)no2)(C(=O)O)CC1. The summed E-state index contributed by atoms with van der Waals surface area (Å²) in [6.07, 6.45) is 3.48. The van der Waals surface area contributed by atoms with Gasteiger partial charge in [-0.25, -0.2) is 4.79 Å². The molecule has 7 heteroatoms. The number of amides is 1. The lowest BCUT2D eigenvalue weighted by atomic mass is 9.75. The van der Waals surface area contributed by atoms with Gasteiger partial charge in [0, 0.05) is 0 Å². The number of carboxylic acids is 1. The molecule has 0 radical (unpaired) electrons. The van der Waals surface area contributed by atoms with Gasteiger partial charge < -0.3 is 19.7 Å². The average Bonchev–Trinajstić information content (AvgIpc) is 2.97. The van der Waals surface area contributed by atoms with Crippen LogP contribution in [0.4, 0.5) is 0 Å². The summed E-state index contributed by atoms with van der Waals surface area (Å²) in [7, 11) is 1.41. The predicted molar refractivity (Wildman–Crippen MR) is 73.1 cm³/mol. The fourth-order valence-corrected chi connectivity index (χ4v) is 2.71. The number of carboxylic acid groups (broad SMARTS) is 1. The van der Waals surface area contributed by atoms with Crippen LogP contribution >= 0.6 is 0 Å². The van der Waals surface area contributed by atoms with E-state index in [0.717, 1.165) is 19.3 Å². The van der Waals surface area contributed by atoms with Crippen molar-refractivity contribution in [2.75, 3.05) is 7.11 Å². The molecule has 1 aliphatic rings. The van der Waals surface area contributed by atoms with E-state index in [9.17, 15) is 14.7 Å². The maximum atomic E-state index is 12.1. The molecule has 0 spiro atoms. The van der Waals surface area contributed by atoms with E-state index in [1.54, 1.807) is 0 Å². The molecule has 0 aromatic carbocycles. The second-order valence-electron chi connectivity index (χ2n) is 5.43. The van der Waals surface area contributed by atoms with Crippen LogP contribution in [0.1, 0.15) is 49.6 Å². The summed E-state index contributed by atoms with van der Waals surface area (Å²) in [5.74, 6) is -0.927. The number of hydrogen-bond acceptors (Lipinski definition) is 5. The third-order valence-corrected chi connectivity index (χ3v) is 4.22. The number of rotatable bonds is 5. The molecule has 0 atom stereocenters. The molecular formula is C14H20N2O5. The molecule has 0 saturated heterocycles. The van der Waals surface area contributed by atoms with E-state index in [0.29, 0.717) is 18.8 Å². The van der Waals surface area contributed by atoms with Crippen molar-refractivity contribution in [2.24, 2.45) is 5.92 Å². The van der Waals surface area contributed by atoms with Crippen LogP contribution < -0.4 is 10.1 Å². The summed E-state index contributed by atoms with van der Waals surface area (Å²) in [5, 5.41) is 15.6. The van der Waals surface area contributed by atoms with Gasteiger partial charge in [0.15, 0.2) is 0 Å². The standard InChI is InChI=1S/C14H20N2O5/c1-3-9-4-6-14(7-5-9,13(18)19)15-12(17)10-8-11(20-2)16-21-10/h8-9H,3-7H2,1-2H3,(H,15,17)(H,18,19). The minimum Gasteiger partial charge on any atom is -0.480 e. The zero-order valence-corrected chi connectivity index (χ0v) is 12.2. The molecule has 1 aromatic heterocycles. The molecule has 2 N–H and O–H groups in total. The van der Waals surface area contributed by atoms with E-state index in [1.165, 1.54) is 13.2 Å². The van der Waals surface area contributed by atoms with Crippen LogP contribution in [0.25, 0.3) is 0 Å². The lowest BCUT2D eigenvalue weighted by Gasteiger charge is -2.36. The summed E-state index contributed by atoms with van der Waals surface area (Å²) in [6.45, 7) is 2.10. The predicted octanol–water partition coefficient (Wildman–Crippen LogP) is 1.84. The van der Waals surface area contributed by atoms with Crippen molar-refractivity contribution in [3.05, 3.63) is 11.8 Å². The highest BCUT2D eigenvalue weighted by atomic mass is 16.5. The van der Waals surface area contributed by atoms with E-state index < -0.39 is 17.4 Å². The van der Waals surface area contributed by atoms with Crippen molar-refractivity contribution in [2.45, 2.75) is 44.6 Å². The van der Waals surface area contributed by atoms with Gasteiger partial charge in [0.1, 0.15) is 5.54 Å². The first kappa shape index (κ1) is 15.3. The van der Waals surface area contributed by atoms with Crippen LogP contribution in [-0.2, 0) is 4.79 Å². The van der Waals surface area contributed by atoms with E-state index in [-0.39, 0.29) is 11.6 Å². The zero-order valence-electron chi connectivity index (χ0n) is 12.2. The fraction of sp³-hybridized carbons (Fsp3) is 0.643. The molecular weight excluding hydrogens is 276 g/mol. The maximum Gasteiger partial charge on any atom is 0.329 e. The Bertz CT molecular complexity index is 517. The molecule has 7 nitrogen and oxygen atoms in total. The normalized spacial score (nSPS) is 25.3. The van der Waals surface area contributed by atoms with Gasteiger partial charge in [0.05, 0.1) is 13.2 Å². The number of nitrogens with zero attached hydrogens (tertiary/aromatic N) is 1. The first-order valence-corrected chi connectivity index (χ1v) is 7.07. The largest absolute Gasteiger partial charge is 0.480 e. The molecule has 116 valence electrons. The third-order valence-electron chi connectivity index (χ3n) is 4.22. The van der Waals surface area contributed by atoms with Gasteiger partial charge >= 0.3 is 5.97 Å². The fourth-order valence-electron chi connectivity index (χ4n) is 2.71. The van der Waals surface area contributed by atoms with Crippen molar-refractivity contribution in [3.63, 3.8) is 0 Å². The first-order valence-electron chi connectivity index (χ1n) is 7.07. The number of carbonyl (C=O) groups is 2. The minimum absolute atomic E-state index is 0.0508. The Morgan fingerprint density at radius 1 is 1.52 bits per heavy atom. The summed E-state index contributed by atoms with van der Waals surface area (Å²) in [5.41, 5.74) is -1.22. The lowest BCUT2D eigenvalue weighted by molar-refractivity contribution is -0.146. The Morgan fingerprint density at radius 2 is 2.19 bits per heavy atom. The molecule has 1 heterocycles. The van der Waals surface area contributed by atoms with Crippen molar-refractivity contribution in [1.29, 1.82) is 0 Å². The highest BCUT2D eigenvalue weighted by Gasteiger charge is 2.43. The molecule has 2 rings (SSSR count). The van der Waals surface area contributed by atoms with E-state index in [4.69, 9.17) is 9.26 Å². The summed E-state index contributed by atoms with van der Waals surface area (Å²) < 4.78 is 9.68. The van der Waals surface area contributed by atoms with Crippen LogP contribution in [0.15, 0.2) is 10.6 Å². The number of ether oxygens (including phenoxy) is 1. The molecule has 1 amide bonds. The average molecular weight is 296 g/mol. The number of carbonyl (C=O) groups excluding carboxylic acids is 1. The van der Waals surface area contributed by atoms with Crippen LogP contribution in [-0.4, -0.2) is 34.8 Å². The Morgan fingerprint density at radius 3 is 2.67 bits per heavy atom. The second-order valence-corrected chi connectivity index (χ2v) is 5.43. The summed E-state index contributed by atoms with van der Waals surface area (Å²) in [6, 6.07) is 1.34. The van der Waals surface area contributed by atoms with Gasteiger partial charge in [-0.1, -0.05) is 13.3 Å². The van der Waals surface area contributed by atoms with E-state index in [1.807, 2.05) is 0 Å². The summed E-state index contributed by atoms with van der Waals surface area (Å²) in [4.78, 5) is 23.8. The third kappa shape index (κ3) is 3.17. The maximum absolute atomic E-state index is 12.1. The number of aromatic nitrogens is 1. The zero-order chi connectivity index (χ0) is 15.5. The number of hydrogen-bond donors (Lipinski definition) is 2. The highest BCUT2D eigenvalue weighted by Crippen LogP contribution is 2.34. The lowest BCUT2D eigenvalue weighted by Crippen LogP contribution is -2.56. The molecule has 1 aromatic rings. The highest BCUT2D eigenvalue weighted by molar-refractivity contribution is 5.96. The van der Waals surface area contributed by atoms with Crippen LogP contribution in [0.5, 0.6) is 5.88 Å². The van der Waals surface area contributed by atoms with E-state index >= 15 is 0 Å². The van der Waals surface area contributed by atoms with Crippen molar-refractivity contribution in [1.82, 2.24) is 10.5 Å². The van der Waals surface area contributed by atoms with E-state index in [2.05, 4.69) is 17.4 Å². The Hall–Kier alpha value is -2.05. The van der Waals surface area contributed by atoms with Gasteiger partial charge in [-0.3, -0.25) is 4.79 Å². The smallest absolute Gasteiger partial charge is 0.329 e. The first-order chi connectivity index (χ1) is 10.0. The Labute approximate surface area is 122 Å². The summed E-state index contributed by atoms with van der Waals surface area (Å²) >= 11 is 0. The quantitative estimate of drug-likeness (QED) is 0.859. The van der Waals surface area contributed by atoms with Gasteiger partial charge in [0.2, 0.25) is 5.76 Å². The topological polar surface area (TPSA) is 102 Å². The van der Waals surface area contributed by atoms with Gasteiger partial charge in [-0.2, -0.15) is 0 Å². The van der Waals surface area contributed by atoms with Gasteiger partial charge in [-0.15, -0.1) is 0 Å². The van der Waals surface area contributed by atoms with Crippen LogP contribution in [0, 0.1) is 5.92 Å². The molecule has 1 saturated carbocycles. The van der Waals surface area contributed by atoms with Gasteiger partial charge in [-0.05, 0) is 36.8 Å². The molecule has 1 fully saturated rings. The molecule has 0 unspecified atom stereocenters.